The molecule has 2 aliphatic heterocycles. The molecule has 160 valence electrons. The van der Waals surface area contributed by atoms with Crippen LogP contribution in [0, 0.1) is 0 Å². The van der Waals surface area contributed by atoms with Gasteiger partial charge in [-0.2, -0.15) is 0 Å². The smallest absolute Gasteiger partial charge is 0.277 e. The van der Waals surface area contributed by atoms with E-state index >= 15 is 0 Å². The zero-order valence-electron chi connectivity index (χ0n) is 17.5. The van der Waals surface area contributed by atoms with E-state index in [1.807, 2.05) is 71.6 Å². The molecular formula is C26H22ClN3O2. The number of carbonyl (C=O) groups excluding carboxylic acids is 2. The van der Waals surface area contributed by atoms with Crippen molar-refractivity contribution in [2.24, 2.45) is 4.99 Å². The van der Waals surface area contributed by atoms with Gasteiger partial charge in [-0.3, -0.25) is 14.5 Å². The van der Waals surface area contributed by atoms with Crippen LogP contribution in [0.25, 0.3) is 11.1 Å². The van der Waals surface area contributed by atoms with Crippen LogP contribution in [-0.4, -0.2) is 54.0 Å². The van der Waals surface area contributed by atoms with Crippen molar-refractivity contribution in [1.82, 2.24) is 9.80 Å². The number of halogens is 1. The minimum absolute atomic E-state index is 0.0496. The third kappa shape index (κ3) is 3.97. The van der Waals surface area contributed by atoms with Crippen LogP contribution in [0.5, 0.6) is 0 Å². The van der Waals surface area contributed by atoms with E-state index < -0.39 is 0 Å². The first-order valence-corrected chi connectivity index (χ1v) is 11.0. The maximum atomic E-state index is 13.3. The number of fused-ring (bicyclic) bond motifs is 1. The highest BCUT2D eigenvalue weighted by Gasteiger charge is 2.25. The molecule has 6 heteroatoms. The molecule has 0 atom stereocenters. The Morgan fingerprint density at radius 1 is 0.875 bits per heavy atom. The van der Waals surface area contributed by atoms with Crippen LogP contribution >= 0.6 is 11.6 Å². The van der Waals surface area contributed by atoms with E-state index in [9.17, 15) is 9.59 Å². The van der Waals surface area contributed by atoms with Crippen molar-refractivity contribution in [2.45, 2.75) is 6.54 Å². The number of benzene rings is 3. The summed E-state index contributed by atoms with van der Waals surface area (Å²) >= 11 is 6.03. The third-order valence-electron chi connectivity index (χ3n) is 6.10. The van der Waals surface area contributed by atoms with Gasteiger partial charge >= 0.3 is 0 Å². The van der Waals surface area contributed by atoms with E-state index in [1.165, 1.54) is 0 Å². The summed E-state index contributed by atoms with van der Waals surface area (Å²) in [5.41, 5.74) is 5.30. The number of hydrogen-bond donors (Lipinski definition) is 0. The summed E-state index contributed by atoms with van der Waals surface area (Å²) in [6, 6.07) is 21.1. The van der Waals surface area contributed by atoms with E-state index in [2.05, 4.69) is 9.89 Å². The Hall–Kier alpha value is -3.28. The first-order chi connectivity index (χ1) is 15.6. The number of piperazine rings is 1. The molecule has 0 aliphatic carbocycles. The molecule has 3 aromatic carbocycles. The van der Waals surface area contributed by atoms with Crippen LogP contribution in [0.15, 0.2) is 71.7 Å². The molecule has 5 rings (SSSR count). The Morgan fingerprint density at radius 3 is 2.38 bits per heavy atom. The summed E-state index contributed by atoms with van der Waals surface area (Å²) in [6.45, 7) is 3.63. The molecular weight excluding hydrogens is 422 g/mol. The first-order valence-electron chi connectivity index (χ1n) is 10.7. The highest BCUT2D eigenvalue weighted by Crippen LogP contribution is 2.27. The average Bonchev–Trinajstić information content (AvgIpc) is 3.21. The van der Waals surface area contributed by atoms with Gasteiger partial charge in [0.05, 0.1) is 5.56 Å². The van der Waals surface area contributed by atoms with Gasteiger partial charge in [0.2, 0.25) is 0 Å². The van der Waals surface area contributed by atoms with Crippen LogP contribution in [0.1, 0.15) is 31.8 Å². The van der Waals surface area contributed by atoms with Gasteiger partial charge < -0.3 is 4.90 Å². The second-order valence-electron chi connectivity index (χ2n) is 8.06. The van der Waals surface area contributed by atoms with Crippen LogP contribution in [0.4, 0.5) is 0 Å². The second kappa shape index (κ2) is 8.69. The Kier molecular flexibility index (Phi) is 5.60. The van der Waals surface area contributed by atoms with Crippen LogP contribution < -0.4 is 0 Å². The number of aliphatic imine (C=N–C) groups is 1. The second-order valence-corrected chi connectivity index (χ2v) is 8.50. The minimum atomic E-state index is -0.170. The highest BCUT2D eigenvalue weighted by molar-refractivity contribution is 6.30. The monoisotopic (exact) mass is 443 g/mol. The van der Waals surface area contributed by atoms with Gasteiger partial charge in [-0.25, -0.2) is 4.99 Å². The molecule has 0 radical (unpaired) electrons. The molecule has 2 amide bonds. The summed E-state index contributed by atoms with van der Waals surface area (Å²) in [5, 5.41) is 0.674. The number of hydrogen-bond acceptors (Lipinski definition) is 3. The SMILES string of the molecule is O=C1N=Cc2c(CN3CCN(C(=O)c4ccccc4-c4ccc(Cl)cc4)CC3)cccc21. The zero-order chi connectivity index (χ0) is 22.1. The van der Waals surface area contributed by atoms with Crippen LogP contribution in [0.3, 0.4) is 0 Å². The maximum absolute atomic E-state index is 13.3. The Bertz CT molecular complexity index is 1210. The van der Waals surface area contributed by atoms with Gasteiger partial charge in [-0.1, -0.05) is 54.1 Å². The van der Waals surface area contributed by atoms with Gasteiger partial charge in [0.25, 0.3) is 11.8 Å². The molecule has 0 spiro atoms. The fourth-order valence-corrected chi connectivity index (χ4v) is 4.48. The standard InChI is InChI=1S/C26H22ClN3O2/c27-20-10-8-18(9-11-20)21-5-1-2-6-23(21)26(32)30-14-12-29(13-15-30)17-19-4-3-7-22-24(19)16-28-25(22)31/h1-11,16H,12-15,17H2. The van der Waals surface area contributed by atoms with Crippen molar-refractivity contribution in [3.63, 3.8) is 0 Å². The molecule has 0 bridgehead atoms. The van der Waals surface area contributed by atoms with Crippen molar-refractivity contribution in [3.8, 4) is 11.1 Å². The Morgan fingerprint density at radius 2 is 1.59 bits per heavy atom. The summed E-state index contributed by atoms with van der Waals surface area (Å²) in [5.74, 6) is -0.120. The number of amides is 2. The minimum Gasteiger partial charge on any atom is -0.336 e. The first kappa shape index (κ1) is 20.6. The molecule has 0 saturated carbocycles. The molecule has 5 nitrogen and oxygen atoms in total. The molecule has 0 unspecified atom stereocenters. The van der Waals surface area contributed by atoms with Crippen LogP contribution in [-0.2, 0) is 6.54 Å². The van der Waals surface area contributed by atoms with Crippen molar-refractivity contribution in [3.05, 3.63) is 94.0 Å². The molecule has 0 aromatic heterocycles. The van der Waals surface area contributed by atoms with Crippen molar-refractivity contribution >= 4 is 29.6 Å². The molecule has 2 heterocycles. The van der Waals surface area contributed by atoms with Gasteiger partial charge in [0.15, 0.2) is 0 Å². The number of carbonyl (C=O) groups is 2. The van der Waals surface area contributed by atoms with Crippen molar-refractivity contribution in [2.75, 3.05) is 26.2 Å². The van der Waals surface area contributed by atoms with Gasteiger partial charge in [-0.15, -0.1) is 0 Å². The van der Waals surface area contributed by atoms with E-state index in [4.69, 9.17) is 11.6 Å². The molecule has 1 fully saturated rings. The van der Waals surface area contributed by atoms with Crippen molar-refractivity contribution in [1.29, 1.82) is 0 Å². The molecule has 0 N–H and O–H groups in total. The summed E-state index contributed by atoms with van der Waals surface area (Å²) in [7, 11) is 0. The van der Waals surface area contributed by atoms with Crippen molar-refractivity contribution < 1.29 is 9.59 Å². The summed E-state index contributed by atoms with van der Waals surface area (Å²) < 4.78 is 0. The predicted molar refractivity (Wildman–Crippen MR) is 126 cm³/mol. The highest BCUT2D eigenvalue weighted by atomic mass is 35.5. The molecule has 2 aliphatic rings. The van der Waals surface area contributed by atoms with Gasteiger partial charge in [-0.05, 0) is 41.0 Å². The lowest BCUT2D eigenvalue weighted by atomic mass is 9.98. The van der Waals surface area contributed by atoms with E-state index in [0.29, 0.717) is 29.2 Å². The predicted octanol–water partition coefficient (Wildman–Crippen LogP) is 4.54. The number of rotatable bonds is 4. The lowest BCUT2D eigenvalue weighted by molar-refractivity contribution is 0.0629. The zero-order valence-corrected chi connectivity index (χ0v) is 18.3. The summed E-state index contributed by atoms with van der Waals surface area (Å²) in [6.07, 6.45) is 1.67. The van der Waals surface area contributed by atoms with E-state index in [1.54, 1.807) is 6.21 Å². The normalized spacial score (nSPS) is 15.8. The van der Waals surface area contributed by atoms with Crippen LogP contribution in [0.2, 0.25) is 5.02 Å². The van der Waals surface area contributed by atoms with E-state index in [0.717, 1.165) is 41.9 Å². The lowest BCUT2D eigenvalue weighted by Crippen LogP contribution is -2.48. The maximum Gasteiger partial charge on any atom is 0.277 e. The third-order valence-corrected chi connectivity index (χ3v) is 6.36. The molecule has 1 saturated heterocycles. The Labute approximate surface area is 191 Å². The topological polar surface area (TPSA) is 53.0 Å². The van der Waals surface area contributed by atoms with Gasteiger partial charge in [0, 0.05) is 55.1 Å². The number of nitrogens with zero attached hydrogens (tertiary/aromatic N) is 3. The van der Waals surface area contributed by atoms with E-state index in [-0.39, 0.29) is 11.8 Å². The molecule has 32 heavy (non-hydrogen) atoms. The largest absolute Gasteiger partial charge is 0.336 e. The fourth-order valence-electron chi connectivity index (χ4n) is 4.35. The fraction of sp³-hybridized carbons (Fsp3) is 0.192. The quantitative estimate of drug-likeness (QED) is 0.595. The molecule has 3 aromatic rings. The average molecular weight is 444 g/mol. The lowest BCUT2D eigenvalue weighted by Gasteiger charge is -2.35. The Balaban J connectivity index is 1.28. The van der Waals surface area contributed by atoms with Gasteiger partial charge in [0.1, 0.15) is 0 Å². The summed E-state index contributed by atoms with van der Waals surface area (Å²) in [4.78, 5) is 33.4.